The first-order chi connectivity index (χ1) is 10.9. The predicted octanol–water partition coefficient (Wildman–Crippen LogP) is 4.68. The molecule has 1 aliphatic carbocycles. The zero-order valence-electron chi connectivity index (χ0n) is 15.3. The van der Waals surface area contributed by atoms with Crippen molar-refractivity contribution < 1.29 is 4.79 Å². The summed E-state index contributed by atoms with van der Waals surface area (Å²) in [6, 6.07) is 6.51. The van der Waals surface area contributed by atoms with Crippen molar-refractivity contribution in [1.82, 2.24) is 5.32 Å². The van der Waals surface area contributed by atoms with Gasteiger partial charge in [0, 0.05) is 11.6 Å². The lowest BCUT2D eigenvalue weighted by molar-refractivity contribution is -0.118. The number of nitrogens with one attached hydrogen (secondary N) is 2. The molecule has 1 aromatic carbocycles. The summed E-state index contributed by atoms with van der Waals surface area (Å²) in [5.41, 5.74) is 3.90. The number of carbonyl (C=O) groups excluding carboxylic acids is 1. The molecular formula is C20H31ClN2O. The van der Waals surface area contributed by atoms with Crippen molar-refractivity contribution in [3.05, 3.63) is 29.3 Å². The van der Waals surface area contributed by atoms with Crippen molar-refractivity contribution in [2.24, 2.45) is 11.3 Å². The van der Waals surface area contributed by atoms with E-state index >= 15 is 0 Å². The smallest absolute Gasteiger partial charge is 0.228 e. The normalized spacial score (nSPS) is 21.7. The lowest BCUT2D eigenvalue weighted by Crippen LogP contribution is -2.31. The van der Waals surface area contributed by atoms with Crippen molar-refractivity contribution in [2.45, 2.75) is 58.8 Å². The summed E-state index contributed by atoms with van der Waals surface area (Å²) in [6.07, 6.45) is 3.37. The van der Waals surface area contributed by atoms with E-state index in [0.717, 1.165) is 38.0 Å². The third-order valence-electron chi connectivity index (χ3n) is 5.73. The Labute approximate surface area is 152 Å². The Morgan fingerprint density at radius 2 is 1.83 bits per heavy atom. The molecule has 0 aromatic heterocycles. The number of carbonyl (C=O) groups is 1. The molecular weight excluding hydrogens is 320 g/mol. The van der Waals surface area contributed by atoms with E-state index in [9.17, 15) is 4.79 Å². The SMILES string of the molecule is CC(C)c1ccc(NC(=O)C2CC23CCNCC3)c(C(C)C)c1.Cl. The average Bonchev–Trinajstić information content (AvgIpc) is 3.21. The van der Waals surface area contributed by atoms with Gasteiger partial charge in [-0.05, 0) is 66.8 Å². The van der Waals surface area contributed by atoms with E-state index in [1.165, 1.54) is 11.1 Å². The van der Waals surface area contributed by atoms with Gasteiger partial charge in [-0.3, -0.25) is 4.79 Å². The third-order valence-corrected chi connectivity index (χ3v) is 5.73. The molecule has 1 atom stereocenters. The zero-order valence-corrected chi connectivity index (χ0v) is 16.1. The second kappa shape index (κ2) is 7.45. The van der Waals surface area contributed by atoms with Crippen LogP contribution in [0.25, 0.3) is 0 Å². The van der Waals surface area contributed by atoms with Gasteiger partial charge in [-0.2, -0.15) is 0 Å². The molecule has 2 fully saturated rings. The van der Waals surface area contributed by atoms with Gasteiger partial charge < -0.3 is 10.6 Å². The average molecular weight is 351 g/mol. The van der Waals surface area contributed by atoms with Crippen LogP contribution in [0.1, 0.15) is 69.9 Å². The van der Waals surface area contributed by atoms with E-state index in [2.05, 4.69) is 56.5 Å². The third kappa shape index (κ3) is 3.78. The highest BCUT2D eigenvalue weighted by atomic mass is 35.5. The highest BCUT2D eigenvalue weighted by Crippen LogP contribution is 2.58. The molecule has 1 saturated carbocycles. The van der Waals surface area contributed by atoms with Crippen LogP contribution in [0, 0.1) is 11.3 Å². The monoisotopic (exact) mass is 350 g/mol. The Bertz CT molecular complexity index is 591. The van der Waals surface area contributed by atoms with Crippen LogP contribution in [0.5, 0.6) is 0 Å². The highest BCUT2D eigenvalue weighted by molar-refractivity contribution is 5.95. The van der Waals surface area contributed by atoms with Crippen LogP contribution >= 0.6 is 12.4 Å². The largest absolute Gasteiger partial charge is 0.326 e. The van der Waals surface area contributed by atoms with Gasteiger partial charge in [0.1, 0.15) is 0 Å². The van der Waals surface area contributed by atoms with Crippen LogP contribution in [0.4, 0.5) is 5.69 Å². The number of hydrogen-bond donors (Lipinski definition) is 2. The van der Waals surface area contributed by atoms with E-state index < -0.39 is 0 Å². The molecule has 1 aromatic rings. The summed E-state index contributed by atoms with van der Waals surface area (Å²) < 4.78 is 0. The number of hydrogen-bond acceptors (Lipinski definition) is 2. The first-order valence-electron chi connectivity index (χ1n) is 9.08. The summed E-state index contributed by atoms with van der Waals surface area (Å²) in [7, 11) is 0. The first-order valence-corrected chi connectivity index (χ1v) is 9.08. The maximum absolute atomic E-state index is 12.7. The van der Waals surface area contributed by atoms with Crippen molar-refractivity contribution in [1.29, 1.82) is 0 Å². The Morgan fingerprint density at radius 3 is 2.42 bits per heavy atom. The molecule has 2 N–H and O–H groups in total. The van der Waals surface area contributed by atoms with Gasteiger partial charge >= 0.3 is 0 Å². The summed E-state index contributed by atoms with van der Waals surface area (Å²) in [6.45, 7) is 10.9. The minimum Gasteiger partial charge on any atom is -0.326 e. The van der Waals surface area contributed by atoms with Gasteiger partial charge in [0.05, 0.1) is 0 Å². The van der Waals surface area contributed by atoms with Gasteiger partial charge in [-0.15, -0.1) is 12.4 Å². The Balaban J connectivity index is 0.00000208. The van der Waals surface area contributed by atoms with Crippen LogP contribution in [0.3, 0.4) is 0 Å². The minimum atomic E-state index is 0. The number of rotatable bonds is 4. The molecule has 1 unspecified atom stereocenters. The molecule has 134 valence electrons. The lowest BCUT2D eigenvalue weighted by atomic mass is 9.91. The van der Waals surface area contributed by atoms with Crippen LogP contribution in [0.2, 0.25) is 0 Å². The summed E-state index contributed by atoms with van der Waals surface area (Å²) in [5.74, 6) is 1.37. The predicted molar refractivity (Wildman–Crippen MR) is 103 cm³/mol. The Morgan fingerprint density at radius 1 is 1.17 bits per heavy atom. The molecule has 1 spiro atoms. The van der Waals surface area contributed by atoms with Crippen LogP contribution < -0.4 is 10.6 Å². The van der Waals surface area contributed by atoms with E-state index in [1.807, 2.05) is 0 Å². The molecule has 1 amide bonds. The van der Waals surface area contributed by atoms with Gasteiger partial charge in [0.2, 0.25) is 5.91 Å². The maximum Gasteiger partial charge on any atom is 0.228 e. The van der Waals surface area contributed by atoms with E-state index in [0.29, 0.717) is 17.3 Å². The fraction of sp³-hybridized carbons (Fsp3) is 0.650. The van der Waals surface area contributed by atoms with E-state index in [4.69, 9.17) is 0 Å². The van der Waals surface area contributed by atoms with Crippen molar-refractivity contribution in [3.8, 4) is 0 Å². The number of benzene rings is 1. The van der Waals surface area contributed by atoms with Crippen molar-refractivity contribution in [2.75, 3.05) is 18.4 Å². The summed E-state index contributed by atoms with van der Waals surface area (Å²) in [5, 5.41) is 6.63. The molecule has 3 rings (SSSR count). The van der Waals surface area contributed by atoms with Crippen molar-refractivity contribution in [3.63, 3.8) is 0 Å². The topological polar surface area (TPSA) is 41.1 Å². The molecule has 1 heterocycles. The summed E-state index contributed by atoms with van der Waals surface area (Å²) in [4.78, 5) is 12.7. The highest BCUT2D eigenvalue weighted by Gasteiger charge is 2.57. The lowest BCUT2D eigenvalue weighted by Gasteiger charge is -2.23. The molecule has 0 bridgehead atoms. The van der Waals surface area contributed by atoms with E-state index in [1.54, 1.807) is 0 Å². The van der Waals surface area contributed by atoms with Crippen LogP contribution in [0.15, 0.2) is 18.2 Å². The molecule has 3 nitrogen and oxygen atoms in total. The quantitative estimate of drug-likeness (QED) is 0.827. The first kappa shape index (κ1) is 19.3. The fourth-order valence-electron chi connectivity index (χ4n) is 3.95. The Hall–Kier alpha value is -1.06. The number of anilines is 1. The summed E-state index contributed by atoms with van der Waals surface area (Å²) >= 11 is 0. The van der Waals surface area contributed by atoms with Crippen LogP contribution in [-0.2, 0) is 4.79 Å². The molecule has 4 heteroatoms. The molecule has 24 heavy (non-hydrogen) atoms. The molecule has 2 aliphatic rings. The van der Waals surface area contributed by atoms with Gasteiger partial charge in [0.25, 0.3) is 0 Å². The Kier molecular flexibility index (Phi) is 5.98. The number of piperidine rings is 1. The zero-order chi connectivity index (χ0) is 16.6. The van der Waals surface area contributed by atoms with Gasteiger partial charge in [-0.25, -0.2) is 0 Å². The van der Waals surface area contributed by atoms with Gasteiger partial charge in [-0.1, -0.05) is 39.8 Å². The van der Waals surface area contributed by atoms with Crippen molar-refractivity contribution >= 4 is 24.0 Å². The van der Waals surface area contributed by atoms with Gasteiger partial charge in [0.15, 0.2) is 0 Å². The minimum absolute atomic E-state index is 0. The molecule has 1 aliphatic heterocycles. The van der Waals surface area contributed by atoms with Crippen LogP contribution in [-0.4, -0.2) is 19.0 Å². The maximum atomic E-state index is 12.7. The van der Waals surface area contributed by atoms with E-state index in [-0.39, 0.29) is 24.2 Å². The molecule has 1 saturated heterocycles. The second-order valence-corrected chi connectivity index (χ2v) is 8.01. The number of halogens is 1. The number of amides is 1. The standard InChI is InChI=1S/C20H30N2O.ClH/c1-13(2)15-5-6-18(16(11-15)14(3)4)22-19(23)17-12-20(17)7-9-21-10-8-20;/h5-6,11,13-14,17,21H,7-10,12H2,1-4H3,(H,22,23);1H. The molecule has 0 radical (unpaired) electrons. The fourth-order valence-corrected chi connectivity index (χ4v) is 3.95. The second-order valence-electron chi connectivity index (χ2n) is 8.01.